The summed E-state index contributed by atoms with van der Waals surface area (Å²) in [6.45, 7) is 3.81. The predicted octanol–water partition coefficient (Wildman–Crippen LogP) is 4.19. The van der Waals surface area contributed by atoms with Gasteiger partial charge in [-0.1, -0.05) is 24.3 Å². The molecule has 29 heavy (non-hydrogen) atoms. The first-order chi connectivity index (χ1) is 14.2. The van der Waals surface area contributed by atoms with Gasteiger partial charge in [-0.25, -0.2) is 4.39 Å². The van der Waals surface area contributed by atoms with Crippen LogP contribution in [0, 0.1) is 5.82 Å². The molecule has 0 atom stereocenters. The molecule has 4 rings (SSSR count). The zero-order valence-electron chi connectivity index (χ0n) is 16.4. The summed E-state index contributed by atoms with van der Waals surface area (Å²) in [4.78, 5) is 15.0. The van der Waals surface area contributed by atoms with Gasteiger partial charge >= 0.3 is 0 Å². The molecular formula is C24H25FN2O2. The Balaban J connectivity index is 1.38. The summed E-state index contributed by atoms with van der Waals surface area (Å²) in [7, 11) is 0. The molecule has 0 radical (unpaired) electrons. The van der Waals surface area contributed by atoms with Gasteiger partial charge in [0.05, 0.1) is 0 Å². The highest BCUT2D eigenvalue weighted by Gasteiger charge is 2.11. The van der Waals surface area contributed by atoms with Crippen molar-refractivity contribution in [1.29, 1.82) is 0 Å². The first-order valence-electron chi connectivity index (χ1n) is 10.1. The minimum absolute atomic E-state index is 0.147. The molecule has 0 amide bonds. The summed E-state index contributed by atoms with van der Waals surface area (Å²) in [6, 6.07) is 17.5. The van der Waals surface area contributed by atoms with Crippen LogP contribution in [0.15, 0.2) is 71.7 Å². The molecule has 1 aliphatic rings. The van der Waals surface area contributed by atoms with Gasteiger partial charge in [-0.2, -0.15) is 0 Å². The van der Waals surface area contributed by atoms with Crippen LogP contribution >= 0.6 is 0 Å². The molecule has 3 aromatic rings. The monoisotopic (exact) mass is 392 g/mol. The number of halogens is 1. The highest BCUT2D eigenvalue weighted by atomic mass is 19.1. The SMILES string of the molecule is O=c1cc(OCc2ccc(F)cc2)ccn1-c1ccc(CCN2CCCC2)cc1. The Morgan fingerprint density at radius 2 is 1.59 bits per heavy atom. The lowest BCUT2D eigenvalue weighted by molar-refractivity contribution is 0.305. The number of benzene rings is 2. The molecule has 1 fully saturated rings. The molecule has 5 heteroatoms. The smallest absolute Gasteiger partial charge is 0.258 e. The molecule has 2 heterocycles. The van der Waals surface area contributed by atoms with Crippen LogP contribution in [0.2, 0.25) is 0 Å². The fourth-order valence-corrected chi connectivity index (χ4v) is 3.63. The summed E-state index contributed by atoms with van der Waals surface area (Å²) in [5.41, 5.74) is 2.82. The van der Waals surface area contributed by atoms with E-state index < -0.39 is 0 Å². The van der Waals surface area contributed by atoms with E-state index >= 15 is 0 Å². The van der Waals surface area contributed by atoms with Gasteiger partial charge in [0, 0.05) is 24.5 Å². The normalized spacial score (nSPS) is 14.2. The van der Waals surface area contributed by atoms with Crippen LogP contribution in [0.4, 0.5) is 4.39 Å². The topological polar surface area (TPSA) is 34.5 Å². The van der Waals surface area contributed by atoms with Crippen molar-refractivity contribution in [3.63, 3.8) is 0 Å². The number of aromatic nitrogens is 1. The van der Waals surface area contributed by atoms with Crippen molar-refractivity contribution in [1.82, 2.24) is 9.47 Å². The average molecular weight is 392 g/mol. The fourth-order valence-electron chi connectivity index (χ4n) is 3.63. The lowest BCUT2D eigenvalue weighted by Crippen LogP contribution is -2.22. The lowest BCUT2D eigenvalue weighted by Gasteiger charge is -2.14. The van der Waals surface area contributed by atoms with Gasteiger partial charge < -0.3 is 9.64 Å². The predicted molar refractivity (Wildman–Crippen MR) is 112 cm³/mol. The Morgan fingerprint density at radius 1 is 0.897 bits per heavy atom. The minimum Gasteiger partial charge on any atom is -0.489 e. The molecule has 1 saturated heterocycles. The molecule has 0 aliphatic carbocycles. The maximum atomic E-state index is 13.0. The molecule has 150 valence electrons. The Bertz CT molecular complexity index is 991. The molecule has 2 aromatic carbocycles. The first kappa shape index (κ1) is 19.4. The fraction of sp³-hybridized carbons (Fsp3) is 0.292. The molecule has 1 aromatic heterocycles. The molecule has 0 spiro atoms. The second kappa shape index (κ2) is 9.05. The van der Waals surface area contributed by atoms with E-state index in [4.69, 9.17) is 4.74 Å². The molecular weight excluding hydrogens is 367 g/mol. The van der Waals surface area contributed by atoms with Crippen molar-refractivity contribution in [2.45, 2.75) is 25.9 Å². The third kappa shape index (κ3) is 5.12. The maximum absolute atomic E-state index is 13.0. The summed E-state index contributed by atoms with van der Waals surface area (Å²) < 4.78 is 20.2. The van der Waals surface area contributed by atoms with E-state index in [1.165, 1.54) is 49.7 Å². The van der Waals surface area contributed by atoms with Crippen molar-refractivity contribution in [3.05, 3.63) is 94.2 Å². The van der Waals surface area contributed by atoms with Crippen molar-refractivity contribution in [2.24, 2.45) is 0 Å². The molecule has 1 aliphatic heterocycles. The highest BCUT2D eigenvalue weighted by Crippen LogP contribution is 2.14. The van der Waals surface area contributed by atoms with Crippen LogP contribution in [0.3, 0.4) is 0 Å². The standard InChI is InChI=1S/C24H25FN2O2/c25-21-7-3-20(4-8-21)18-29-23-12-16-27(24(28)17-23)22-9-5-19(6-10-22)11-15-26-13-1-2-14-26/h3-10,12,16-17H,1-2,11,13-15,18H2. The van der Waals surface area contributed by atoms with Gasteiger partial charge in [0.25, 0.3) is 5.56 Å². The quantitative estimate of drug-likeness (QED) is 0.605. The number of rotatable bonds is 7. The van der Waals surface area contributed by atoms with E-state index in [2.05, 4.69) is 17.0 Å². The average Bonchev–Trinajstić information content (AvgIpc) is 3.26. The van der Waals surface area contributed by atoms with E-state index in [9.17, 15) is 9.18 Å². The van der Waals surface area contributed by atoms with Crippen molar-refractivity contribution in [2.75, 3.05) is 19.6 Å². The van der Waals surface area contributed by atoms with Crippen LogP contribution in [-0.2, 0) is 13.0 Å². The summed E-state index contributed by atoms with van der Waals surface area (Å²) >= 11 is 0. The number of ether oxygens (including phenoxy) is 1. The zero-order chi connectivity index (χ0) is 20.1. The third-order valence-electron chi connectivity index (χ3n) is 5.34. The number of hydrogen-bond donors (Lipinski definition) is 0. The number of pyridine rings is 1. The Morgan fingerprint density at radius 3 is 2.28 bits per heavy atom. The van der Waals surface area contributed by atoms with Crippen LogP contribution < -0.4 is 10.3 Å². The van der Waals surface area contributed by atoms with E-state index in [1.54, 1.807) is 29.0 Å². The third-order valence-corrected chi connectivity index (χ3v) is 5.34. The van der Waals surface area contributed by atoms with Crippen LogP contribution in [0.1, 0.15) is 24.0 Å². The van der Waals surface area contributed by atoms with E-state index in [-0.39, 0.29) is 18.0 Å². The number of likely N-dealkylation sites (tertiary alicyclic amines) is 1. The second-order valence-corrected chi connectivity index (χ2v) is 7.45. The minimum atomic E-state index is -0.279. The van der Waals surface area contributed by atoms with Crippen LogP contribution in [-0.4, -0.2) is 29.1 Å². The second-order valence-electron chi connectivity index (χ2n) is 7.45. The molecule has 4 nitrogen and oxygen atoms in total. The summed E-state index contributed by atoms with van der Waals surface area (Å²) in [5.74, 6) is 0.219. The zero-order valence-corrected chi connectivity index (χ0v) is 16.4. The van der Waals surface area contributed by atoms with Gasteiger partial charge in [-0.05, 0) is 73.8 Å². The Hall–Kier alpha value is -2.92. The first-order valence-corrected chi connectivity index (χ1v) is 10.1. The van der Waals surface area contributed by atoms with Crippen molar-refractivity contribution in [3.8, 4) is 11.4 Å². The van der Waals surface area contributed by atoms with E-state index in [0.717, 1.165) is 24.2 Å². The van der Waals surface area contributed by atoms with Crippen LogP contribution in [0.5, 0.6) is 5.75 Å². The number of nitrogens with zero attached hydrogens (tertiary/aromatic N) is 2. The molecule has 0 N–H and O–H groups in total. The molecule has 0 unspecified atom stereocenters. The largest absolute Gasteiger partial charge is 0.489 e. The van der Waals surface area contributed by atoms with Gasteiger partial charge in [0.1, 0.15) is 18.2 Å². The maximum Gasteiger partial charge on any atom is 0.258 e. The van der Waals surface area contributed by atoms with E-state index in [1.807, 2.05) is 12.1 Å². The lowest BCUT2D eigenvalue weighted by atomic mass is 10.1. The van der Waals surface area contributed by atoms with E-state index in [0.29, 0.717) is 5.75 Å². The van der Waals surface area contributed by atoms with Gasteiger partial charge in [0.15, 0.2) is 0 Å². The Kier molecular flexibility index (Phi) is 6.06. The van der Waals surface area contributed by atoms with Gasteiger partial charge in [-0.15, -0.1) is 0 Å². The van der Waals surface area contributed by atoms with Crippen molar-refractivity contribution >= 4 is 0 Å². The Labute approximate surface area is 170 Å². The van der Waals surface area contributed by atoms with Gasteiger partial charge in [-0.3, -0.25) is 9.36 Å². The molecule has 0 saturated carbocycles. The summed E-state index contributed by atoms with van der Waals surface area (Å²) in [6.07, 6.45) is 5.38. The van der Waals surface area contributed by atoms with Crippen LogP contribution in [0.25, 0.3) is 5.69 Å². The highest BCUT2D eigenvalue weighted by molar-refractivity contribution is 5.36. The molecule has 0 bridgehead atoms. The number of hydrogen-bond acceptors (Lipinski definition) is 3. The summed E-state index contributed by atoms with van der Waals surface area (Å²) in [5, 5.41) is 0. The van der Waals surface area contributed by atoms with Crippen molar-refractivity contribution < 1.29 is 9.13 Å². The van der Waals surface area contributed by atoms with Gasteiger partial charge in [0.2, 0.25) is 0 Å².